The number of piperidine rings is 1. The first kappa shape index (κ1) is 11.4. The van der Waals surface area contributed by atoms with Gasteiger partial charge in [-0.05, 0) is 52.6 Å². The van der Waals surface area contributed by atoms with Crippen LogP contribution in [0.4, 0.5) is 0 Å². The largest absolute Gasteiger partial charge is 0.389 e. The van der Waals surface area contributed by atoms with Gasteiger partial charge in [-0.2, -0.15) is 0 Å². The van der Waals surface area contributed by atoms with Gasteiger partial charge in [-0.1, -0.05) is 0 Å². The van der Waals surface area contributed by atoms with E-state index < -0.39 is 5.60 Å². The molecule has 1 saturated carbocycles. The van der Waals surface area contributed by atoms with Gasteiger partial charge in [-0.15, -0.1) is 0 Å². The Morgan fingerprint density at radius 3 is 2.13 bits per heavy atom. The van der Waals surface area contributed by atoms with E-state index in [9.17, 15) is 5.11 Å². The average molecular weight is 212 g/mol. The molecular formula is C12H24N2O. The molecule has 15 heavy (non-hydrogen) atoms. The van der Waals surface area contributed by atoms with Gasteiger partial charge in [-0.25, -0.2) is 0 Å². The number of rotatable bonds is 4. The van der Waals surface area contributed by atoms with Crippen molar-refractivity contribution in [3.63, 3.8) is 0 Å². The van der Waals surface area contributed by atoms with Crippen molar-refractivity contribution in [3.8, 4) is 0 Å². The molecule has 3 heteroatoms. The monoisotopic (exact) mass is 212 g/mol. The third-order valence-corrected chi connectivity index (χ3v) is 3.25. The predicted octanol–water partition coefficient (Wildman–Crippen LogP) is 0.974. The predicted molar refractivity (Wildman–Crippen MR) is 61.9 cm³/mol. The molecule has 1 saturated heterocycles. The van der Waals surface area contributed by atoms with E-state index in [2.05, 4.69) is 10.2 Å². The second kappa shape index (κ2) is 4.40. The van der Waals surface area contributed by atoms with E-state index in [0.29, 0.717) is 0 Å². The Morgan fingerprint density at radius 2 is 1.67 bits per heavy atom. The quantitative estimate of drug-likeness (QED) is 0.729. The van der Waals surface area contributed by atoms with Crippen LogP contribution in [0.5, 0.6) is 0 Å². The molecular weight excluding hydrogens is 188 g/mol. The summed E-state index contributed by atoms with van der Waals surface area (Å²) >= 11 is 0. The van der Waals surface area contributed by atoms with E-state index in [1.807, 2.05) is 13.8 Å². The summed E-state index contributed by atoms with van der Waals surface area (Å²) < 4.78 is 0. The normalized spacial score (nSPS) is 25.8. The van der Waals surface area contributed by atoms with E-state index in [-0.39, 0.29) is 0 Å². The highest BCUT2D eigenvalue weighted by molar-refractivity contribution is 4.88. The highest BCUT2D eigenvalue weighted by Crippen LogP contribution is 2.22. The first-order chi connectivity index (χ1) is 7.03. The van der Waals surface area contributed by atoms with Gasteiger partial charge in [0, 0.05) is 18.6 Å². The molecule has 2 rings (SSSR count). The van der Waals surface area contributed by atoms with Crippen LogP contribution in [0.15, 0.2) is 0 Å². The molecule has 0 atom stereocenters. The number of aliphatic hydroxyl groups is 1. The Kier molecular flexibility index (Phi) is 3.33. The maximum absolute atomic E-state index is 9.73. The molecule has 1 heterocycles. The molecule has 0 radical (unpaired) electrons. The zero-order valence-corrected chi connectivity index (χ0v) is 10.00. The Balaban J connectivity index is 1.67. The Hall–Kier alpha value is -0.120. The SMILES string of the molecule is CC(C)(O)CN1CCC(NC2CC2)CC1. The lowest BCUT2D eigenvalue weighted by Gasteiger charge is -2.35. The number of likely N-dealkylation sites (tertiary alicyclic amines) is 1. The zero-order chi connectivity index (χ0) is 10.9. The summed E-state index contributed by atoms with van der Waals surface area (Å²) in [5.74, 6) is 0. The standard InChI is InChI=1S/C12H24N2O/c1-12(2,15)9-14-7-5-11(6-8-14)13-10-3-4-10/h10-11,13,15H,3-9H2,1-2H3. The fraction of sp³-hybridized carbons (Fsp3) is 1.00. The van der Waals surface area contributed by atoms with Crippen LogP contribution in [0.2, 0.25) is 0 Å². The van der Waals surface area contributed by atoms with Gasteiger partial charge < -0.3 is 15.3 Å². The summed E-state index contributed by atoms with van der Waals surface area (Å²) in [6.07, 6.45) is 5.24. The number of hydrogen-bond donors (Lipinski definition) is 2. The van der Waals surface area contributed by atoms with Crippen LogP contribution < -0.4 is 5.32 Å². The first-order valence-corrected chi connectivity index (χ1v) is 6.24. The molecule has 0 aromatic rings. The van der Waals surface area contributed by atoms with E-state index in [1.54, 1.807) is 0 Å². The lowest BCUT2D eigenvalue weighted by atomic mass is 10.0. The minimum absolute atomic E-state index is 0.545. The van der Waals surface area contributed by atoms with Crippen molar-refractivity contribution in [2.24, 2.45) is 0 Å². The molecule has 2 N–H and O–H groups in total. The topological polar surface area (TPSA) is 35.5 Å². The van der Waals surface area contributed by atoms with Crippen LogP contribution in [0.3, 0.4) is 0 Å². The fourth-order valence-corrected chi connectivity index (χ4v) is 2.39. The summed E-state index contributed by atoms with van der Waals surface area (Å²) in [6.45, 7) is 6.86. The van der Waals surface area contributed by atoms with Gasteiger partial charge in [0.1, 0.15) is 0 Å². The third-order valence-electron chi connectivity index (χ3n) is 3.25. The van der Waals surface area contributed by atoms with Crippen molar-refractivity contribution in [1.82, 2.24) is 10.2 Å². The van der Waals surface area contributed by atoms with Gasteiger partial charge in [0.15, 0.2) is 0 Å². The van der Waals surface area contributed by atoms with E-state index >= 15 is 0 Å². The zero-order valence-electron chi connectivity index (χ0n) is 10.00. The molecule has 0 aromatic carbocycles. The van der Waals surface area contributed by atoms with Crippen molar-refractivity contribution < 1.29 is 5.11 Å². The van der Waals surface area contributed by atoms with E-state index in [0.717, 1.165) is 31.7 Å². The van der Waals surface area contributed by atoms with E-state index in [4.69, 9.17) is 0 Å². The smallest absolute Gasteiger partial charge is 0.0718 e. The van der Waals surface area contributed by atoms with Crippen LogP contribution >= 0.6 is 0 Å². The maximum atomic E-state index is 9.73. The second-order valence-electron chi connectivity index (χ2n) is 5.80. The van der Waals surface area contributed by atoms with Crippen LogP contribution in [-0.4, -0.2) is 47.3 Å². The summed E-state index contributed by atoms with van der Waals surface area (Å²) in [5.41, 5.74) is -0.545. The summed E-state index contributed by atoms with van der Waals surface area (Å²) in [4.78, 5) is 2.38. The van der Waals surface area contributed by atoms with Gasteiger partial charge in [0.2, 0.25) is 0 Å². The van der Waals surface area contributed by atoms with Crippen LogP contribution in [0.1, 0.15) is 39.5 Å². The maximum Gasteiger partial charge on any atom is 0.0718 e. The minimum Gasteiger partial charge on any atom is -0.389 e. The van der Waals surface area contributed by atoms with Gasteiger partial charge in [0.25, 0.3) is 0 Å². The highest BCUT2D eigenvalue weighted by Gasteiger charge is 2.28. The molecule has 1 aliphatic carbocycles. The molecule has 0 spiro atoms. The lowest BCUT2D eigenvalue weighted by Crippen LogP contribution is -2.47. The molecule has 2 aliphatic rings. The van der Waals surface area contributed by atoms with E-state index in [1.165, 1.54) is 25.7 Å². The van der Waals surface area contributed by atoms with Gasteiger partial charge in [-0.3, -0.25) is 0 Å². The number of nitrogens with one attached hydrogen (secondary N) is 1. The van der Waals surface area contributed by atoms with Crippen LogP contribution in [0, 0.1) is 0 Å². The highest BCUT2D eigenvalue weighted by atomic mass is 16.3. The lowest BCUT2D eigenvalue weighted by molar-refractivity contribution is 0.0268. The van der Waals surface area contributed by atoms with Crippen molar-refractivity contribution in [2.45, 2.75) is 57.2 Å². The molecule has 0 bridgehead atoms. The van der Waals surface area contributed by atoms with Crippen LogP contribution in [-0.2, 0) is 0 Å². The van der Waals surface area contributed by atoms with Crippen LogP contribution in [0.25, 0.3) is 0 Å². The minimum atomic E-state index is -0.545. The number of hydrogen-bond acceptors (Lipinski definition) is 3. The Morgan fingerprint density at radius 1 is 1.13 bits per heavy atom. The molecule has 3 nitrogen and oxygen atoms in total. The first-order valence-electron chi connectivity index (χ1n) is 6.24. The molecule has 0 unspecified atom stereocenters. The number of β-amino-alcohol motifs (C(OH)–C–C–N with tert-alkyl or cyclic N) is 1. The fourth-order valence-electron chi connectivity index (χ4n) is 2.39. The molecule has 0 amide bonds. The summed E-state index contributed by atoms with van der Waals surface area (Å²) in [6, 6.07) is 1.56. The Bertz CT molecular complexity index is 200. The average Bonchev–Trinajstić information content (AvgIpc) is 2.90. The Labute approximate surface area is 92.8 Å². The number of nitrogens with zero attached hydrogens (tertiary/aromatic N) is 1. The van der Waals surface area contributed by atoms with Crippen molar-refractivity contribution >= 4 is 0 Å². The van der Waals surface area contributed by atoms with Crippen molar-refractivity contribution in [3.05, 3.63) is 0 Å². The molecule has 0 aromatic heterocycles. The van der Waals surface area contributed by atoms with Crippen molar-refractivity contribution in [1.29, 1.82) is 0 Å². The second-order valence-corrected chi connectivity index (χ2v) is 5.80. The molecule has 2 fully saturated rings. The summed E-state index contributed by atoms with van der Waals surface area (Å²) in [7, 11) is 0. The van der Waals surface area contributed by atoms with Gasteiger partial charge in [0.05, 0.1) is 5.60 Å². The third kappa shape index (κ3) is 4.09. The van der Waals surface area contributed by atoms with Gasteiger partial charge >= 0.3 is 0 Å². The van der Waals surface area contributed by atoms with Crippen molar-refractivity contribution in [2.75, 3.05) is 19.6 Å². The molecule has 88 valence electrons. The summed E-state index contributed by atoms with van der Waals surface area (Å²) in [5, 5.41) is 13.4. The molecule has 1 aliphatic heterocycles.